The summed E-state index contributed by atoms with van der Waals surface area (Å²) in [7, 11) is 0. The van der Waals surface area contributed by atoms with E-state index in [1.165, 1.54) is 25.1 Å². The van der Waals surface area contributed by atoms with E-state index in [4.69, 9.17) is 21.1 Å². The minimum atomic E-state index is -4.82. The fourth-order valence-corrected chi connectivity index (χ4v) is 6.77. The van der Waals surface area contributed by atoms with Crippen LogP contribution in [0.1, 0.15) is 48.4 Å². The van der Waals surface area contributed by atoms with Crippen LogP contribution >= 0.6 is 11.6 Å². The third-order valence-electron chi connectivity index (χ3n) is 9.17. The molecule has 0 spiro atoms. The molecule has 49 heavy (non-hydrogen) atoms. The molecule has 1 saturated heterocycles. The Balaban J connectivity index is 1.22. The molecule has 3 aromatic rings. The number of hydrogen-bond acceptors (Lipinski definition) is 6. The number of alkyl halides is 3. The maximum atomic E-state index is 14.5. The Labute approximate surface area is 288 Å². The molecule has 1 saturated carbocycles. The lowest BCUT2D eigenvalue weighted by molar-refractivity contribution is -0.274. The molecule has 0 radical (unpaired) electrons. The molecule has 12 heteroatoms. The number of nitrogens with one attached hydrogen (secondary N) is 1. The van der Waals surface area contributed by atoms with Crippen LogP contribution in [0, 0.1) is 13.8 Å². The minimum Gasteiger partial charge on any atom is -0.490 e. The number of carbonyl (C=O) groups is 2. The summed E-state index contributed by atoms with van der Waals surface area (Å²) in [4.78, 5) is 30.5. The standard InChI is InChI=1S/C37H39ClF3N3O5/c1-22-15-32(38)34(16-23(22)2)48-14-13-47-29-11-7-26(8-12-29)31-18-27-20-43(24(3)45)21-33(42-27)35(31)36(46)44(28-9-10-28)19-25-5-4-6-30(17-25)49-37(39,40)41/h4-8,11-12,15-17,27-28,33,42H,9-10,13-14,18-21H2,1-3H3/t27-,33-/m1/s1. The molecule has 3 aromatic carbocycles. The van der Waals surface area contributed by atoms with Gasteiger partial charge in [0.1, 0.15) is 30.5 Å². The zero-order valence-electron chi connectivity index (χ0n) is 27.6. The molecule has 6 rings (SSSR count). The van der Waals surface area contributed by atoms with E-state index in [9.17, 15) is 22.8 Å². The van der Waals surface area contributed by atoms with Crippen LogP contribution < -0.4 is 19.5 Å². The number of rotatable bonds is 11. The topological polar surface area (TPSA) is 80.3 Å². The fraction of sp³-hybridized carbons (Fsp3) is 0.405. The fourth-order valence-electron chi connectivity index (χ4n) is 6.50. The predicted octanol–water partition coefficient (Wildman–Crippen LogP) is 6.85. The number of piperazine rings is 1. The summed E-state index contributed by atoms with van der Waals surface area (Å²) >= 11 is 6.33. The highest BCUT2D eigenvalue weighted by Gasteiger charge is 2.43. The van der Waals surface area contributed by atoms with Crippen LogP contribution in [-0.2, 0) is 16.1 Å². The summed E-state index contributed by atoms with van der Waals surface area (Å²) in [5.74, 6) is 0.670. The van der Waals surface area contributed by atoms with Crippen LogP contribution in [0.25, 0.3) is 5.57 Å². The lowest BCUT2D eigenvalue weighted by Gasteiger charge is -2.44. The summed E-state index contributed by atoms with van der Waals surface area (Å²) in [6.07, 6.45) is -2.68. The van der Waals surface area contributed by atoms with Crippen molar-refractivity contribution in [3.63, 3.8) is 0 Å². The molecular formula is C37H39ClF3N3O5. The van der Waals surface area contributed by atoms with Crippen molar-refractivity contribution >= 4 is 29.0 Å². The highest BCUT2D eigenvalue weighted by Crippen LogP contribution is 2.38. The van der Waals surface area contributed by atoms with Gasteiger partial charge < -0.3 is 29.3 Å². The Bertz CT molecular complexity index is 1740. The maximum absolute atomic E-state index is 14.5. The number of nitrogens with zero attached hydrogens (tertiary/aromatic N) is 2. The number of aryl methyl sites for hydroxylation is 2. The van der Waals surface area contributed by atoms with Crippen molar-refractivity contribution in [3.05, 3.63) is 93.5 Å². The van der Waals surface area contributed by atoms with Crippen LogP contribution in [0.15, 0.2) is 66.2 Å². The lowest BCUT2D eigenvalue weighted by atomic mass is 9.82. The first-order valence-corrected chi connectivity index (χ1v) is 16.8. The first-order chi connectivity index (χ1) is 23.3. The molecule has 2 fully saturated rings. The molecule has 1 aliphatic carbocycles. The minimum absolute atomic E-state index is 0.0321. The first-order valence-electron chi connectivity index (χ1n) is 16.4. The van der Waals surface area contributed by atoms with Gasteiger partial charge in [-0.05, 0) is 97.3 Å². The summed E-state index contributed by atoms with van der Waals surface area (Å²) < 4.78 is 54.7. The Morgan fingerprint density at radius 1 is 0.959 bits per heavy atom. The van der Waals surface area contributed by atoms with Gasteiger partial charge in [-0.1, -0.05) is 35.9 Å². The highest BCUT2D eigenvalue weighted by atomic mass is 35.5. The molecule has 2 aliphatic heterocycles. The molecule has 0 aromatic heterocycles. The Morgan fingerprint density at radius 2 is 1.67 bits per heavy atom. The van der Waals surface area contributed by atoms with Crippen LogP contribution in [0.5, 0.6) is 17.2 Å². The molecule has 2 amide bonds. The third kappa shape index (κ3) is 8.51. The lowest BCUT2D eigenvalue weighted by Crippen LogP contribution is -2.61. The second kappa shape index (κ2) is 14.3. The van der Waals surface area contributed by atoms with E-state index in [0.717, 1.165) is 35.1 Å². The van der Waals surface area contributed by atoms with Gasteiger partial charge in [0.05, 0.1) is 11.1 Å². The van der Waals surface area contributed by atoms with Crippen molar-refractivity contribution in [1.29, 1.82) is 0 Å². The number of ether oxygens (including phenoxy) is 3. The van der Waals surface area contributed by atoms with Gasteiger partial charge in [-0.15, -0.1) is 13.2 Å². The van der Waals surface area contributed by atoms with Crippen molar-refractivity contribution in [2.45, 2.75) is 71.1 Å². The average molecular weight is 698 g/mol. The molecule has 0 unspecified atom stereocenters. The molecule has 2 atom stereocenters. The average Bonchev–Trinajstić information content (AvgIpc) is 3.89. The maximum Gasteiger partial charge on any atom is 0.573 e. The van der Waals surface area contributed by atoms with Gasteiger partial charge in [0, 0.05) is 44.2 Å². The monoisotopic (exact) mass is 697 g/mol. The number of benzene rings is 3. The summed E-state index contributed by atoms with van der Waals surface area (Å²) in [5.41, 5.74) is 5.05. The normalized spacial score (nSPS) is 19.0. The number of fused-ring (bicyclic) bond motifs is 2. The molecule has 8 nitrogen and oxygen atoms in total. The van der Waals surface area contributed by atoms with E-state index in [1.807, 2.05) is 50.2 Å². The summed E-state index contributed by atoms with van der Waals surface area (Å²) in [6, 6.07) is 16.6. The molecule has 260 valence electrons. The van der Waals surface area contributed by atoms with E-state index in [1.54, 1.807) is 15.9 Å². The van der Waals surface area contributed by atoms with Crippen molar-refractivity contribution < 1.29 is 37.0 Å². The SMILES string of the molecule is CC(=O)N1C[C@H]2CC(c3ccc(OCCOc4cc(C)c(C)cc4Cl)cc3)=C(C(=O)N(Cc3cccc(OC(F)(F)F)c3)C3CC3)[C@@H](C1)N2. The van der Waals surface area contributed by atoms with E-state index >= 15 is 0 Å². The smallest absolute Gasteiger partial charge is 0.490 e. The molecular weight excluding hydrogens is 659 g/mol. The van der Waals surface area contributed by atoms with Gasteiger partial charge in [-0.25, -0.2) is 0 Å². The summed E-state index contributed by atoms with van der Waals surface area (Å²) in [6.45, 7) is 7.12. The largest absolute Gasteiger partial charge is 0.573 e. The van der Waals surface area contributed by atoms with Crippen molar-refractivity contribution in [1.82, 2.24) is 15.1 Å². The Morgan fingerprint density at radius 3 is 2.37 bits per heavy atom. The quantitative estimate of drug-likeness (QED) is 0.221. The van der Waals surface area contributed by atoms with Gasteiger partial charge in [0.25, 0.3) is 5.91 Å². The zero-order chi connectivity index (χ0) is 34.9. The van der Waals surface area contributed by atoms with E-state index in [0.29, 0.717) is 60.4 Å². The third-order valence-corrected chi connectivity index (χ3v) is 9.47. The van der Waals surface area contributed by atoms with Gasteiger partial charge >= 0.3 is 6.36 Å². The first kappa shape index (κ1) is 34.6. The van der Waals surface area contributed by atoms with Gasteiger partial charge in [-0.2, -0.15) is 0 Å². The Kier molecular flexibility index (Phi) is 10.1. The van der Waals surface area contributed by atoms with Gasteiger partial charge in [-0.3, -0.25) is 9.59 Å². The second-order valence-electron chi connectivity index (χ2n) is 12.9. The van der Waals surface area contributed by atoms with Crippen LogP contribution in [-0.4, -0.2) is 72.4 Å². The van der Waals surface area contributed by atoms with E-state index in [-0.39, 0.29) is 36.2 Å². The van der Waals surface area contributed by atoms with Crippen LogP contribution in [0.4, 0.5) is 13.2 Å². The highest BCUT2D eigenvalue weighted by molar-refractivity contribution is 6.32. The van der Waals surface area contributed by atoms with E-state index in [2.05, 4.69) is 10.1 Å². The second-order valence-corrected chi connectivity index (χ2v) is 13.3. The van der Waals surface area contributed by atoms with Crippen molar-refractivity contribution in [3.8, 4) is 17.2 Å². The molecule has 2 heterocycles. The number of hydrogen-bond donors (Lipinski definition) is 1. The predicted molar refractivity (Wildman–Crippen MR) is 180 cm³/mol. The van der Waals surface area contributed by atoms with E-state index < -0.39 is 12.4 Å². The summed E-state index contributed by atoms with van der Waals surface area (Å²) in [5, 5.41) is 4.11. The van der Waals surface area contributed by atoms with Crippen LogP contribution in [0.3, 0.4) is 0 Å². The Hall–Kier alpha value is -4.22. The molecule has 2 bridgehead atoms. The molecule has 1 N–H and O–H groups in total. The zero-order valence-corrected chi connectivity index (χ0v) is 28.4. The van der Waals surface area contributed by atoms with Crippen LogP contribution in [0.2, 0.25) is 5.02 Å². The van der Waals surface area contributed by atoms with Crippen molar-refractivity contribution in [2.75, 3.05) is 26.3 Å². The number of halogens is 4. The number of amides is 2. The van der Waals surface area contributed by atoms with Gasteiger partial charge in [0.2, 0.25) is 5.91 Å². The number of carbonyl (C=O) groups excluding carboxylic acids is 2. The van der Waals surface area contributed by atoms with Crippen molar-refractivity contribution in [2.24, 2.45) is 0 Å². The van der Waals surface area contributed by atoms with Gasteiger partial charge in [0.15, 0.2) is 0 Å². The molecule has 3 aliphatic rings.